The summed E-state index contributed by atoms with van der Waals surface area (Å²) in [6.45, 7) is 5.22. The number of carbonyl (C=O) groups excluding carboxylic acids is 1. The summed E-state index contributed by atoms with van der Waals surface area (Å²) >= 11 is 0. The zero-order valence-corrected chi connectivity index (χ0v) is 15.8. The first-order valence-electron chi connectivity index (χ1n) is 9.80. The van der Waals surface area contributed by atoms with Crippen molar-refractivity contribution in [2.75, 3.05) is 13.1 Å². The number of carboxylic acid groups (broad SMARTS) is 1. The lowest BCUT2D eigenvalue weighted by atomic mass is 9.81. The van der Waals surface area contributed by atoms with E-state index in [0.29, 0.717) is 13.1 Å². The third kappa shape index (κ3) is 3.50. The summed E-state index contributed by atoms with van der Waals surface area (Å²) in [6, 6.07) is 9.75. The molecule has 1 heterocycles. The number of likely N-dealkylation sites (tertiary alicyclic amines) is 1. The van der Waals surface area contributed by atoms with Crippen molar-refractivity contribution in [2.45, 2.75) is 58.0 Å². The van der Waals surface area contributed by atoms with Gasteiger partial charge in [-0.25, -0.2) is 0 Å². The van der Waals surface area contributed by atoms with Gasteiger partial charge in [-0.2, -0.15) is 0 Å². The molecule has 4 atom stereocenters. The Labute approximate surface area is 155 Å². The Balaban J connectivity index is 1.67. The molecule has 2 unspecified atom stereocenters. The van der Waals surface area contributed by atoms with Crippen molar-refractivity contribution < 1.29 is 14.7 Å². The van der Waals surface area contributed by atoms with Crippen molar-refractivity contribution in [1.29, 1.82) is 0 Å². The van der Waals surface area contributed by atoms with Crippen molar-refractivity contribution >= 4 is 11.9 Å². The second-order valence-electron chi connectivity index (χ2n) is 7.92. The first kappa shape index (κ1) is 18.9. The van der Waals surface area contributed by atoms with Gasteiger partial charge in [0.1, 0.15) is 0 Å². The molecule has 2 fully saturated rings. The largest absolute Gasteiger partial charge is 0.481 e. The van der Waals surface area contributed by atoms with Crippen LogP contribution >= 0.6 is 0 Å². The second-order valence-corrected chi connectivity index (χ2v) is 7.92. The third-order valence-corrected chi connectivity index (χ3v) is 6.35. The molecule has 2 aliphatic rings. The van der Waals surface area contributed by atoms with E-state index in [1.165, 1.54) is 0 Å². The van der Waals surface area contributed by atoms with Gasteiger partial charge in [0.25, 0.3) is 0 Å². The highest BCUT2D eigenvalue weighted by Gasteiger charge is 2.55. The Bertz CT molecular complexity index is 648. The van der Waals surface area contributed by atoms with E-state index in [-0.39, 0.29) is 23.9 Å². The molecule has 0 spiro atoms. The zero-order chi connectivity index (χ0) is 18.7. The van der Waals surface area contributed by atoms with Crippen molar-refractivity contribution in [2.24, 2.45) is 11.3 Å². The van der Waals surface area contributed by atoms with Crippen molar-refractivity contribution in [3.8, 4) is 0 Å². The molecule has 142 valence electrons. The molecular weight excluding hydrogens is 328 g/mol. The number of rotatable bonds is 7. The number of aliphatic carboxylic acids is 1. The average molecular weight is 358 g/mol. The second kappa shape index (κ2) is 7.78. The summed E-state index contributed by atoms with van der Waals surface area (Å²) in [6.07, 6.45) is 4.56. The molecule has 1 saturated carbocycles. The Morgan fingerprint density at radius 2 is 2.08 bits per heavy atom. The summed E-state index contributed by atoms with van der Waals surface area (Å²) in [5.41, 5.74) is 0.478. The first-order chi connectivity index (χ1) is 12.5. The van der Waals surface area contributed by atoms with E-state index >= 15 is 0 Å². The van der Waals surface area contributed by atoms with Crippen LogP contribution in [-0.2, 0) is 9.59 Å². The maximum Gasteiger partial charge on any atom is 0.311 e. The summed E-state index contributed by atoms with van der Waals surface area (Å²) < 4.78 is 0. The average Bonchev–Trinajstić information content (AvgIpc) is 3.20. The lowest BCUT2D eigenvalue weighted by Gasteiger charge is -2.28. The van der Waals surface area contributed by atoms with Crippen molar-refractivity contribution in [3.63, 3.8) is 0 Å². The van der Waals surface area contributed by atoms with Crippen LogP contribution < -0.4 is 5.32 Å². The maximum absolute atomic E-state index is 12.9. The van der Waals surface area contributed by atoms with Crippen molar-refractivity contribution in [1.82, 2.24) is 10.2 Å². The van der Waals surface area contributed by atoms with Crippen LogP contribution in [0, 0.1) is 11.3 Å². The van der Waals surface area contributed by atoms with E-state index in [1.54, 1.807) is 0 Å². The molecule has 0 bridgehead atoms. The van der Waals surface area contributed by atoms with Gasteiger partial charge in [-0.15, -0.1) is 0 Å². The zero-order valence-electron chi connectivity index (χ0n) is 15.8. The van der Waals surface area contributed by atoms with Crippen LogP contribution in [0.15, 0.2) is 30.3 Å². The fourth-order valence-corrected chi connectivity index (χ4v) is 4.73. The predicted octanol–water partition coefficient (Wildman–Crippen LogP) is 3.22. The Kier molecular flexibility index (Phi) is 5.66. The van der Waals surface area contributed by atoms with Crippen LogP contribution in [0.5, 0.6) is 0 Å². The topological polar surface area (TPSA) is 69.6 Å². The molecule has 1 aromatic carbocycles. The number of fused-ring (bicyclic) bond motifs is 1. The number of nitrogens with zero attached hydrogens (tertiary/aromatic N) is 1. The van der Waals surface area contributed by atoms with Crippen LogP contribution in [0.1, 0.15) is 57.6 Å². The molecule has 1 saturated heterocycles. The molecule has 26 heavy (non-hydrogen) atoms. The fraction of sp³-hybridized carbons (Fsp3) is 0.619. The van der Waals surface area contributed by atoms with Crippen LogP contribution in [0.4, 0.5) is 0 Å². The van der Waals surface area contributed by atoms with E-state index in [0.717, 1.165) is 37.7 Å². The van der Waals surface area contributed by atoms with Gasteiger partial charge in [-0.3, -0.25) is 14.5 Å². The van der Waals surface area contributed by atoms with Gasteiger partial charge in [0.2, 0.25) is 5.91 Å². The van der Waals surface area contributed by atoms with Crippen LogP contribution in [0.25, 0.3) is 0 Å². The maximum atomic E-state index is 12.9. The lowest BCUT2D eigenvalue weighted by Crippen LogP contribution is -2.46. The van der Waals surface area contributed by atoms with E-state index in [4.69, 9.17) is 0 Å². The minimum atomic E-state index is -0.691. The minimum Gasteiger partial charge on any atom is -0.481 e. The number of amides is 1. The summed E-state index contributed by atoms with van der Waals surface area (Å²) in [4.78, 5) is 26.8. The first-order valence-corrected chi connectivity index (χ1v) is 9.80. The highest BCUT2D eigenvalue weighted by atomic mass is 16.4. The Hall–Kier alpha value is -1.88. The Morgan fingerprint density at radius 3 is 2.69 bits per heavy atom. The number of hydrogen-bond acceptors (Lipinski definition) is 3. The molecule has 1 aliphatic heterocycles. The normalized spacial score (nSPS) is 27.7. The molecular formula is C21H30N2O3. The van der Waals surface area contributed by atoms with Gasteiger partial charge in [-0.05, 0) is 37.7 Å². The standard InChI is InChI=1S/C21H30N2O3/c1-3-8-18(16-9-5-4-6-10-16)22-19(24)15(2)23-13-17-11-7-12-21(17,14-23)20(25)26/h4-6,9-10,15,17-18H,3,7-8,11-14H2,1-2H3,(H,22,24)(H,25,26)/t15?,17-,18?,21+/m0/s1. The highest BCUT2D eigenvalue weighted by Crippen LogP contribution is 2.49. The summed E-state index contributed by atoms with van der Waals surface area (Å²) in [5, 5.41) is 12.9. The monoisotopic (exact) mass is 358 g/mol. The number of hydrogen-bond donors (Lipinski definition) is 2. The van der Waals surface area contributed by atoms with Crippen LogP contribution in [0.2, 0.25) is 0 Å². The Morgan fingerprint density at radius 1 is 1.35 bits per heavy atom. The van der Waals surface area contributed by atoms with Gasteiger partial charge in [0.05, 0.1) is 17.5 Å². The molecule has 5 heteroatoms. The van der Waals surface area contributed by atoms with E-state index in [9.17, 15) is 14.7 Å². The number of benzene rings is 1. The highest BCUT2D eigenvalue weighted by molar-refractivity contribution is 5.82. The fourth-order valence-electron chi connectivity index (χ4n) is 4.73. The van der Waals surface area contributed by atoms with E-state index in [1.807, 2.05) is 37.3 Å². The quantitative estimate of drug-likeness (QED) is 0.785. The van der Waals surface area contributed by atoms with Gasteiger partial charge >= 0.3 is 5.97 Å². The molecule has 1 aliphatic carbocycles. The smallest absolute Gasteiger partial charge is 0.311 e. The van der Waals surface area contributed by atoms with Gasteiger partial charge in [0, 0.05) is 13.1 Å². The molecule has 1 aromatic rings. The SMILES string of the molecule is CCCC(NC(=O)C(C)N1C[C@@H]2CCC[C@@]2(C(=O)O)C1)c1ccccc1. The molecule has 3 rings (SSSR count). The molecule has 2 N–H and O–H groups in total. The van der Waals surface area contributed by atoms with Crippen LogP contribution in [-0.4, -0.2) is 41.0 Å². The number of carbonyl (C=O) groups is 2. The van der Waals surface area contributed by atoms with E-state index < -0.39 is 11.4 Å². The predicted molar refractivity (Wildman–Crippen MR) is 101 cm³/mol. The van der Waals surface area contributed by atoms with Gasteiger partial charge < -0.3 is 10.4 Å². The lowest BCUT2D eigenvalue weighted by molar-refractivity contribution is -0.149. The third-order valence-electron chi connectivity index (χ3n) is 6.35. The van der Waals surface area contributed by atoms with Crippen molar-refractivity contribution in [3.05, 3.63) is 35.9 Å². The number of nitrogens with one attached hydrogen (secondary N) is 1. The minimum absolute atomic E-state index is 0.00619. The van der Waals surface area contributed by atoms with Gasteiger partial charge in [-0.1, -0.05) is 50.1 Å². The van der Waals surface area contributed by atoms with Crippen LogP contribution in [0.3, 0.4) is 0 Å². The molecule has 5 nitrogen and oxygen atoms in total. The molecule has 1 amide bonds. The van der Waals surface area contributed by atoms with Gasteiger partial charge in [0.15, 0.2) is 0 Å². The summed E-state index contributed by atoms with van der Waals surface area (Å²) in [7, 11) is 0. The number of carboxylic acids is 1. The van der Waals surface area contributed by atoms with E-state index in [2.05, 4.69) is 17.1 Å². The molecule has 0 aromatic heterocycles. The molecule has 0 radical (unpaired) electrons. The summed E-state index contributed by atoms with van der Waals surface area (Å²) in [5.74, 6) is -0.521.